The fraction of sp³-hybridized carbons (Fsp3) is 0.0400. The number of hydrogen-bond acceptors (Lipinski definition) is 6. The van der Waals surface area contributed by atoms with Crippen LogP contribution < -0.4 is 16.4 Å². The highest BCUT2D eigenvalue weighted by molar-refractivity contribution is 6.35. The summed E-state index contributed by atoms with van der Waals surface area (Å²) >= 11 is 12.5. The SMILES string of the molecule is C#Cc1cncc(N)c1-c1cc(Cl)c(C(=O)Nc2cnc(C(=O)NCc3ccoc3)c(Cl)c2)cc1F. The third kappa shape index (κ3) is 5.15. The molecule has 4 aromatic rings. The Hall–Kier alpha value is -4.39. The molecule has 0 aliphatic carbocycles. The van der Waals surface area contributed by atoms with Crippen molar-refractivity contribution in [3.63, 3.8) is 0 Å². The van der Waals surface area contributed by atoms with Crippen LogP contribution in [-0.2, 0) is 6.54 Å². The predicted octanol–water partition coefficient (Wildman–Crippen LogP) is 4.93. The van der Waals surface area contributed by atoms with Gasteiger partial charge in [0.05, 0.1) is 57.5 Å². The first-order valence-electron chi connectivity index (χ1n) is 10.2. The molecule has 3 heterocycles. The van der Waals surface area contributed by atoms with Crippen LogP contribution in [0.3, 0.4) is 0 Å². The zero-order valence-corrected chi connectivity index (χ0v) is 19.8. The van der Waals surface area contributed by atoms with E-state index < -0.39 is 17.6 Å². The van der Waals surface area contributed by atoms with Gasteiger partial charge in [-0.15, -0.1) is 6.42 Å². The monoisotopic (exact) mass is 523 g/mol. The van der Waals surface area contributed by atoms with Crippen molar-refractivity contribution < 1.29 is 18.4 Å². The van der Waals surface area contributed by atoms with Crippen LogP contribution >= 0.6 is 23.2 Å². The number of nitrogen functional groups attached to an aromatic ring is 1. The van der Waals surface area contributed by atoms with E-state index in [1.807, 2.05) is 0 Å². The molecule has 0 fully saturated rings. The molecule has 0 spiro atoms. The van der Waals surface area contributed by atoms with Crippen molar-refractivity contribution in [3.8, 4) is 23.5 Å². The van der Waals surface area contributed by atoms with Gasteiger partial charge in [0.25, 0.3) is 11.8 Å². The third-order valence-corrected chi connectivity index (χ3v) is 5.65. The number of furan rings is 1. The van der Waals surface area contributed by atoms with Crippen LogP contribution in [0.1, 0.15) is 32.0 Å². The summed E-state index contributed by atoms with van der Waals surface area (Å²) < 4.78 is 20.0. The van der Waals surface area contributed by atoms with Crippen LogP contribution in [0.5, 0.6) is 0 Å². The minimum atomic E-state index is -0.764. The Labute approximate surface area is 214 Å². The number of nitrogens with two attached hydrogens (primary N) is 1. The summed E-state index contributed by atoms with van der Waals surface area (Å²) in [5.41, 5.74) is 7.40. The van der Waals surface area contributed by atoms with E-state index in [9.17, 15) is 9.59 Å². The number of nitrogens with zero attached hydrogens (tertiary/aromatic N) is 2. The molecule has 4 N–H and O–H groups in total. The lowest BCUT2D eigenvalue weighted by Gasteiger charge is -2.13. The lowest BCUT2D eigenvalue weighted by Crippen LogP contribution is -2.24. The Balaban J connectivity index is 1.53. The molecule has 180 valence electrons. The number of rotatable bonds is 6. The van der Waals surface area contributed by atoms with E-state index in [-0.39, 0.29) is 55.9 Å². The molecule has 4 rings (SSSR count). The van der Waals surface area contributed by atoms with Gasteiger partial charge in [0.2, 0.25) is 0 Å². The summed E-state index contributed by atoms with van der Waals surface area (Å²) in [7, 11) is 0. The van der Waals surface area contributed by atoms with Gasteiger partial charge in [-0.2, -0.15) is 0 Å². The van der Waals surface area contributed by atoms with E-state index in [1.165, 1.54) is 43.2 Å². The summed E-state index contributed by atoms with van der Waals surface area (Å²) in [5.74, 6) is 0.402. The Morgan fingerprint density at radius 2 is 1.94 bits per heavy atom. The molecule has 0 aliphatic rings. The maximum atomic E-state index is 15.0. The van der Waals surface area contributed by atoms with E-state index >= 15 is 4.39 Å². The van der Waals surface area contributed by atoms with Gasteiger partial charge in [-0.25, -0.2) is 9.37 Å². The van der Waals surface area contributed by atoms with Crippen LogP contribution in [0.25, 0.3) is 11.1 Å². The van der Waals surface area contributed by atoms with Gasteiger partial charge >= 0.3 is 0 Å². The van der Waals surface area contributed by atoms with Crippen LogP contribution in [0.15, 0.2) is 59.8 Å². The standard InChI is InChI=1S/C25H16Cl2FN5O3/c1-2-14-9-30-11-21(29)22(14)17-6-18(26)16(7-20(17)28)24(34)33-15-5-19(27)23(31-10-15)25(35)32-8-13-3-4-36-12-13/h1,3-7,9-12H,8,29H2,(H,32,35)(H,33,34). The average Bonchev–Trinajstić information content (AvgIpc) is 3.37. The highest BCUT2D eigenvalue weighted by Crippen LogP contribution is 2.34. The molecule has 0 bridgehead atoms. The minimum Gasteiger partial charge on any atom is -0.472 e. The zero-order valence-electron chi connectivity index (χ0n) is 18.3. The molecule has 0 saturated carbocycles. The van der Waals surface area contributed by atoms with Gasteiger partial charge < -0.3 is 20.8 Å². The summed E-state index contributed by atoms with van der Waals surface area (Å²) in [4.78, 5) is 33.1. The van der Waals surface area contributed by atoms with E-state index in [0.717, 1.165) is 11.6 Å². The highest BCUT2D eigenvalue weighted by atomic mass is 35.5. The van der Waals surface area contributed by atoms with Crippen LogP contribution in [-0.4, -0.2) is 21.8 Å². The molecule has 0 unspecified atom stereocenters. The number of pyridine rings is 2. The second-order valence-electron chi connectivity index (χ2n) is 7.43. The number of halogens is 3. The highest BCUT2D eigenvalue weighted by Gasteiger charge is 2.20. The summed E-state index contributed by atoms with van der Waals surface area (Å²) in [6, 6.07) is 5.28. The van der Waals surface area contributed by atoms with Crippen LogP contribution in [0.2, 0.25) is 10.0 Å². The second kappa shape index (κ2) is 10.5. The second-order valence-corrected chi connectivity index (χ2v) is 8.24. The Kier molecular flexibility index (Phi) is 7.20. The summed E-state index contributed by atoms with van der Waals surface area (Å²) in [6.45, 7) is 0.222. The van der Waals surface area contributed by atoms with Crippen molar-refractivity contribution in [3.05, 3.63) is 93.6 Å². The molecule has 36 heavy (non-hydrogen) atoms. The number of nitrogens with one attached hydrogen (secondary N) is 2. The lowest BCUT2D eigenvalue weighted by atomic mass is 9.98. The van der Waals surface area contributed by atoms with Gasteiger partial charge in [0.1, 0.15) is 11.5 Å². The fourth-order valence-corrected chi connectivity index (χ4v) is 3.83. The lowest BCUT2D eigenvalue weighted by molar-refractivity contribution is 0.0945. The van der Waals surface area contributed by atoms with Crippen molar-refractivity contribution in [1.82, 2.24) is 15.3 Å². The number of amides is 2. The largest absolute Gasteiger partial charge is 0.472 e. The third-order valence-electron chi connectivity index (χ3n) is 5.05. The minimum absolute atomic E-state index is 0.0000882. The summed E-state index contributed by atoms with van der Waals surface area (Å²) in [6.07, 6.45) is 12.4. The number of benzene rings is 1. The van der Waals surface area contributed by atoms with Crippen LogP contribution in [0, 0.1) is 18.2 Å². The van der Waals surface area contributed by atoms with Gasteiger partial charge in [-0.05, 0) is 24.3 Å². The number of carbonyl (C=O) groups is 2. The average molecular weight is 524 g/mol. The molecule has 0 saturated heterocycles. The van der Waals surface area contributed by atoms with E-state index in [4.69, 9.17) is 39.8 Å². The number of aromatic nitrogens is 2. The van der Waals surface area contributed by atoms with Crippen molar-refractivity contribution in [2.24, 2.45) is 0 Å². The number of carbonyl (C=O) groups excluding carboxylic acids is 2. The molecule has 0 aliphatic heterocycles. The van der Waals surface area contributed by atoms with Gasteiger partial charge in [-0.3, -0.25) is 14.6 Å². The van der Waals surface area contributed by atoms with Gasteiger partial charge in [0.15, 0.2) is 0 Å². The normalized spacial score (nSPS) is 10.5. The van der Waals surface area contributed by atoms with Gasteiger partial charge in [-0.1, -0.05) is 29.1 Å². The molecule has 3 aromatic heterocycles. The Morgan fingerprint density at radius 1 is 1.14 bits per heavy atom. The predicted molar refractivity (Wildman–Crippen MR) is 134 cm³/mol. The van der Waals surface area contributed by atoms with Gasteiger partial charge in [0, 0.05) is 29.4 Å². The molecular formula is C25H16Cl2FN5O3. The number of anilines is 2. The molecule has 8 nitrogen and oxygen atoms in total. The Bertz CT molecular complexity index is 1520. The van der Waals surface area contributed by atoms with Crippen molar-refractivity contribution in [2.45, 2.75) is 6.54 Å². The molecule has 1 aromatic carbocycles. The van der Waals surface area contributed by atoms with Crippen molar-refractivity contribution in [1.29, 1.82) is 0 Å². The van der Waals surface area contributed by atoms with E-state index in [1.54, 1.807) is 6.07 Å². The maximum absolute atomic E-state index is 15.0. The molecule has 2 amide bonds. The number of hydrogen-bond donors (Lipinski definition) is 3. The smallest absolute Gasteiger partial charge is 0.271 e. The first kappa shape index (κ1) is 24.7. The van der Waals surface area contributed by atoms with Crippen molar-refractivity contribution in [2.75, 3.05) is 11.1 Å². The molecule has 0 atom stereocenters. The summed E-state index contributed by atoms with van der Waals surface area (Å²) in [5, 5.41) is 5.14. The quantitative estimate of drug-likeness (QED) is 0.308. The van der Waals surface area contributed by atoms with E-state index in [2.05, 4.69) is 26.5 Å². The number of terminal acetylenes is 1. The molecule has 11 heteroatoms. The first-order chi connectivity index (χ1) is 17.3. The Morgan fingerprint density at radius 3 is 2.64 bits per heavy atom. The maximum Gasteiger partial charge on any atom is 0.271 e. The van der Waals surface area contributed by atoms with E-state index in [0.29, 0.717) is 0 Å². The zero-order chi connectivity index (χ0) is 25.8. The molecule has 0 radical (unpaired) electrons. The first-order valence-corrected chi connectivity index (χ1v) is 11.0. The van der Waals surface area contributed by atoms with Crippen LogP contribution in [0.4, 0.5) is 15.8 Å². The fourth-order valence-electron chi connectivity index (χ4n) is 3.33. The molecular weight excluding hydrogens is 508 g/mol. The topological polar surface area (TPSA) is 123 Å². The van der Waals surface area contributed by atoms with Crippen molar-refractivity contribution >= 4 is 46.4 Å².